The summed E-state index contributed by atoms with van der Waals surface area (Å²) in [6.07, 6.45) is -3.50. The van der Waals surface area contributed by atoms with E-state index < -0.39 is 11.7 Å². The Hall–Kier alpha value is -0.740. The molecule has 2 rings (SSSR count). The van der Waals surface area contributed by atoms with Gasteiger partial charge in [0.15, 0.2) is 0 Å². The van der Waals surface area contributed by atoms with Crippen molar-refractivity contribution in [2.45, 2.75) is 18.6 Å². The summed E-state index contributed by atoms with van der Waals surface area (Å²) in [6, 6.07) is 4.11. The van der Waals surface area contributed by atoms with E-state index in [9.17, 15) is 13.2 Å². The molecule has 1 aliphatic rings. The van der Waals surface area contributed by atoms with E-state index in [1.807, 2.05) is 0 Å². The van der Waals surface area contributed by atoms with E-state index in [0.29, 0.717) is 5.56 Å². The zero-order chi connectivity index (χ0) is 11.1. The topological polar surface area (TPSA) is 12.0 Å². The molecule has 0 aromatic heterocycles. The molecule has 1 fully saturated rings. The minimum absolute atomic E-state index is 0.0448. The lowest BCUT2D eigenvalue weighted by Crippen LogP contribution is -2.35. The first-order valence-electron chi connectivity index (χ1n) is 4.58. The molecule has 1 heterocycles. The van der Waals surface area contributed by atoms with Crippen LogP contribution in [0, 0.1) is 0 Å². The first-order valence-corrected chi connectivity index (χ1v) is 4.96. The fourth-order valence-electron chi connectivity index (χ4n) is 1.55. The summed E-state index contributed by atoms with van der Waals surface area (Å²) in [4.78, 5) is 0. The summed E-state index contributed by atoms with van der Waals surface area (Å²) < 4.78 is 37.5. The summed E-state index contributed by atoms with van der Waals surface area (Å²) in [5, 5.41) is 2.80. The van der Waals surface area contributed by atoms with Gasteiger partial charge in [0.1, 0.15) is 0 Å². The van der Waals surface area contributed by atoms with E-state index >= 15 is 0 Å². The number of benzene rings is 1. The predicted octanol–water partition coefficient (Wildman–Crippen LogP) is 3.39. The van der Waals surface area contributed by atoms with Crippen LogP contribution in [0.3, 0.4) is 0 Å². The molecular weight excluding hydrogens is 227 g/mol. The Morgan fingerprint density at radius 3 is 2.47 bits per heavy atom. The average Bonchev–Trinajstić information content (AvgIpc) is 2.03. The standard InChI is InChI=1S/C10H9ClF3N/c11-8-2-1-6(9-3-4-15-9)5-7(8)10(12,13)14/h1-2,5,9,15H,3-4H2/t9-/m0/s1. The van der Waals surface area contributed by atoms with Crippen LogP contribution in [-0.2, 0) is 6.18 Å². The second-order valence-corrected chi connectivity index (χ2v) is 3.94. The predicted molar refractivity (Wildman–Crippen MR) is 51.8 cm³/mol. The molecule has 0 saturated carbocycles. The third-order valence-corrected chi connectivity index (χ3v) is 2.85. The van der Waals surface area contributed by atoms with Gasteiger partial charge in [-0.3, -0.25) is 0 Å². The summed E-state index contributed by atoms with van der Waals surface area (Å²) in [5.74, 6) is 0. The molecule has 0 unspecified atom stereocenters. The van der Waals surface area contributed by atoms with Gasteiger partial charge in [-0.1, -0.05) is 17.7 Å². The molecule has 15 heavy (non-hydrogen) atoms. The highest BCUT2D eigenvalue weighted by molar-refractivity contribution is 6.31. The van der Waals surface area contributed by atoms with Crippen LogP contribution in [0.5, 0.6) is 0 Å². The van der Waals surface area contributed by atoms with E-state index in [0.717, 1.165) is 19.0 Å². The summed E-state index contributed by atoms with van der Waals surface area (Å²) in [6.45, 7) is 0.856. The van der Waals surface area contributed by atoms with Crippen LogP contribution in [0.25, 0.3) is 0 Å². The van der Waals surface area contributed by atoms with Gasteiger partial charge in [0.2, 0.25) is 0 Å². The Labute approximate surface area is 90.2 Å². The van der Waals surface area contributed by atoms with Crippen LogP contribution >= 0.6 is 11.6 Å². The SMILES string of the molecule is FC(F)(F)c1cc([C@@H]2CCN2)ccc1Cl. The molecule has 1 aromatic rings. The Kier molecular flexibility index (Phi) is 2.64. The Balaban J connectivity index is 2.36. The van der Waals surface area contributed by atoms with Gasteiger partial charge in [-0.15, -0.1) is 0 Å². The van der Waals surface area contributed by atoms with E-state index in [-0.39, 0.29) is 11.1 Å². The number of halogens is 4. The number of hydrogen-bond donors (Lipinski definition) is 1. The molecule has 0 radical (unpaired) electrons. The summed E-state index contributed by atoms with van der Waals surface area (Å²) in [5.41, 5.74) is -0.103. The van der Waals surface area contributed by atoms with Crippen molar-refractivity contribution >= 4 is 11.6 Å². The second-order valence-electron chi connectivity index (χ2n) is 3.53. The van der Waals surface area contributed by atoms with Crippen LogP contribution in [-0.4, -0.2) is 6.54 Å². The van der Waals surface area contributed by atoms with Crippen molar-refractivity contribution in [1.29, 1.82) is 0 Å². The van der Waals surface area contributed by atoms with Gasteiger partial charge in [0.25, 0.3) is 0 Å². The molecule has 0 bridgehead atoms. The van der Waals surface area contributed by atoms with Gasteiger partial charge in [0.05, 0.1) is 10.6 Å². The molecule has 0 spiro atoms. The van der Waals surface area contributed by atoms with Crippen LogP contribution in [0.2, 0.25) is 5.02 Å². The van der Waals surface area contributed by atoms with E-state index in [1.54, 1.807) is 6.07 Å². The van der Waals surface area contributed by atoms with Gasteiger partial charge in [-0.2, -0.15) is 13.2 Å². The lowest BCUT2D eigenvalue weighted by atomic mass is 9.96. The quantitative estimate of drug-likeness (QED) is 0.787. The van der Waals surface area contributed by atoms with Crippen LogP contribution in [0.15, 0.2) is 18.2 Å². The molecule has 1 aromatic carbocycles. The van der Waals surface area contributed by atoms with Crippen molar-refractivity contribution in [2.24, 2.45) is 0 Å². The molecule has 82 valence electrons. The van der Waals surface area contributed by atoms with Gasteiger partial charge < -0.3 is 5.32 Å². The maximum atomic E-state index is 12.5. The van der Waals surface area contributed by atoms with Crippen LogP contribution in [0.4, 0.5) is 13.2 Å². The van der Waals surface area contributed by atoms with E-state index in [4.69, 9.17) is 11.6 Å². The molecule has 1 aliphatic heterocycles. The molecule has 1 N–H and O–H groups in total. The molecule has 5 heteroatoms. The van der Waals surface area contributed by atoms with Crippen molar-refractivity contribution in [2.75, 3.05) is 6.54 Å². The van der Waals surface area contributed by atoms with Crippen molar-refractivity contribution in [1.82, 2.24) is 5.32 Å². The lowest BCUT2D eigenvalue weighted by Gasteiger charge is -2.28. The Bertz CT molecular complexity index is 371. The molecular formula is C10H9ClF3N. The fourth-order valence-corrected chi connectivity index (χ4v) is 1.77. The molecule has 1 atom stereocenters. The number of rotatable bonds is 1. The molecule has 0 amide bonds. The maximum Gasteiger partial charge on any atom is 0.417 e. The smallest absolute Gasteiger partial charge is 0.310 e. The Morgan fingerprint density at radius 1 is 1.33 bits per heavy atom. The minimum Gasteiger partial charge on any atom is -0.310 e. The van der Waals surface area contributed by atoms with Crippen LogP contribution < -0.4 is 5.32 Å². The normalized spacial score (nSPS) is 21.2. The largest absolute Gasteiger partial charge is 0.417 e. The van der Waals surface area contributed by atoms with Crippen molar-refractivity contribution in [3.63, 3.8) is 0 Å². The average molecular weight is 236 g/mol. The summed E-state index contributed by atoms with van der Waals surface area (Å²) >= 11 is 5.51. The van der Waals surface area contributed by atoms with Crippen molar-refractivity contribution in [3.8, 4) is 0 Å². The molecule has 0 aliphatic carbocycles. The van der Waals surface area contributed by atoms with E-state index in [1.165, 1.54) is 6.07 Å². The van der Waals surface area contributed by atoms with Gasteiger partial charge >= 0.3 is 6.18 Å². The lowest BCUT2D eigenvalue weighted by molar-refractivity contribution is -0.137. The Morgan fingerprint density at radius 2 is 2.00 bits per heavy atom. The van der Waals surface area contributed by atoms with Gasteiger partial charge in [-0.25, -0.2) is 0 Å². The second kappa shape index (κ2) is 3.68. The van der Waals surface area contributed by atoms with Crippen molar-refractivity contribution < 1.29 is 13.2 Å². The highest BCUT2D eigenvalue weighted by Gasteiger charge is 2.34. The maximum absolute atomic E-state index is 12.5. The zero-order valence-corrected chi connectivity index (χ0v) is 8.49. The zero-order valence-electron chi connectivity index (χ0n) is 7.74. The molecule has 1 saturated heterocycles. The highest BCUT2D eigenvalue weighted by Crippen LogP contribution is 2.37. The highest BCUT2D eigenvalue weighted by atomic mass is 35.5. The van der Waals surface area contributed by atoms with Gasteiger partial charge in [0, 0.05) is 6.04 Å². The number of nitrogens with one attached hydrogen (secondary N) is 1. The van der Waals surface area contributed by atoms with Gasteiger partial charge in [-0.05, 0) is 30.7 Å². The third kappa shape index (κ3) is 2.11. The number of hydrogen-bond acceptors (Lipinski definition) is 1. The first kappa shape index (κ1) is 10.8. The monoisotopic (exact) mass is 235 g/mol. The fraction of sp³-hybridized carbons (Fsp3) is 0.400. The number of alkyl halides is 3. The van der Waals surface area contributed by atoms with E-state index in [2.05, 4.69) is 5.32 Å². The third-order valence-electron chi connectivity index (χ3n) is 2.52. The molecule has 1 nitrogen and oxygen atoms in total. The minimum atomic E-state index is -4.38. The summed E-state index contributed by atoms with van der Waals surface area (Å²) in [7, 11) is 0. The van der Waals surface area contributed by atoms with Crippen LogP contribution in [0.1, 0.15) is 23.6 Å². The first-order chi connectivity index (χ1) is 6.98. The van der Waals surface area contributed by atoms with Crippen molar-refractivity contribution in [3.05, 3.63) is 34.3 Å².